The Bertz CT molecular complexity index is 872. The van der Waals surface area contributed by atoms with Crippen molar-refractivity contribution in [1.29, 1.82) is 0 Å². The Labute approximate surface area is 176 Å². The van der Waals surface area contributed by atoms with Crippen LogP contribution in [-0.2, 0) is 0 Å². The van der Waals surface area contributed by atoms with Crippen molar-refractivity contribution in [3.8, 4) is 28.8 Å². The molecule has 0 aliphatic heterocycles. The van der Waals surface area contributed by atoms with E-state index in [-0.39, 0.29) is 6.01 Å². The average Bonchev–Trinajstić information content (AvgIpc) is 2.67. The van der Waals surface area contributed by atoms with Crippen LogP contribution in [0.2, 0.25) is 0 Å². The van der Waals surface area contributed by atoms with Crippen molar-refractivity contribution in [3.05, 3.63) is 60.7 Å². The van der Waals surface area contributed by atoms with Gasteiger partial charge in [-0.05, 0) is 27.7 Å². The second-order valence-electron chi connectivity index (χ2n) is 7.52. The molecule has 0 spiro atoms. The first-order valence-corrected chi connectivity index (χ1v) is 9.32. The van der Waals surface area contributed by atoms with Crippen LogP contribution in [0.1, 0.15) is 27.7 Å². The van der Waals surface area contributed by atoms with E-state index in [1.165, 1.54) is 0 Å². The maximum absolute atomic E-state index is 10.4. The van der Waals surface area contributed by atoms with Crippen molar-refractivity contribution < 1.29 is 24.9 Å². The van der Waals surface area contributed by atoms with Gasteiger partial charge < -0.3 is 24.9 Å². The standard InChI is InChI=1S/C21H23N3O2.BH3O3/c1-20(2,25)21(3,4)26-19-23-17(15-11-7-5-8-12-15)22-18(24-19)16-13-9-6-10-14-16;2-1(3)4/h5-14,25H,1-4H3;2-4H. The number of hydrogen-bond donors (Lipinski definition) is 4. The smallest absolute Gasteiger partial charge is 0.454 e. The third-order valence-corrected chi connectivity index (χ3v) is 4.50. The molecule has 4 N–H and O–H groups in total. The molecule has 0 radical (unpaired) electrons. The highest BCUT2D eigenvalue weighted by Gasteiger charge is 2.38. The molecule has 2 aromatic carbocycles. The molecule has 3 rings (SSSR count). The summed E-state index contributed by atoms with van der Waals surface area (Å²) >= 11 is 0. The lowest BCUT2D eigenvalue weighted by Gasteiger charge is -2.36. The third kappa shape index (κ3) is 6.60. The normalized spacial score (nSPS) is 11.3. The lowest BCUT2D eigenvalue weighted by molar-refractivity contribution is -0.0945. The van der Waals surface area contributed by atoms with Gasteiger partial charge in [0.1, 0.15) is 5.60 Å². The summed E-state index contributed by atoms with van der Waals surface area (Å²) < 4.78 is 5.98. The summed E-state index contributed by atoms with van der Waals surface area (Å²) in [6.45, 7) is 7.01. The monoisotopic (exact) mass is 411 g/mol. The Hall–Kier alpha value is -2.85. The molecule has 0 bridgehead atoms. The minimum atomic E-state index is -2.17. The summed E-state index contributed by atoms with van der Waals surface area (Å²) in [5, 5.41) is 31.9. The van der Waals surface area contributed by atoms with Crippen LogP contribution in [0.5, 0.6) is 6.01 Å². The molecule has 0 unspecified atom stereocenters. The maximum atomic E-state index is 10.4. The number of rotatable bonds is 5. The molecule has 158 valence electrons. The maximum Gasteiger partial charge on any atom is 0.631 e. The Morgan fingerprint density at radius 3 is 1.40 bits per heavy atom. The predicted molar refractivity (Wildman–Crippen MR) is 114 cm³/mol. The van der Waals surface area contributed by atoms with E-state index < -0.39 is 18.5 Å². The molecule has 0 fully saturated rings. The summed E-state index contributed by atoms with van der Waals surface area (Å²) in [6, 6.07) is 19.6. The number of benzene rings is 2. The van der Waals surface area contributed by atoms with E-state index >= 15 is 0 Å². The molecule has 0 saturated heterocycles. The zero-order chi connectivity index (χ0) is 22.4. The van der Waals surface area contributed by atoms with Crippen molar-refractivity contribution in [2.24, 2.45) is 0 Å². The van der Waals surface area contributed by atoms with E-state index in [0.717, 1.165) is 11.1 Å². The fourth-order valence-corrected chi connectivity index (χ4v) is 2.19. The predicted octanol–water partition coefficient (Wildman–Crippen LogP) is 2.08. The molecule has 0 aliphatic carbocycles. The lowest BCUT2D eigenvalue weighted by Crippen LogP contribution is -2.50. The number of aliphatic hydroxyl groups is 1. The lowest BCUT2D eigenvalue weighted by atomic mass is 9.90. The van der Waals surface area contributed by atoms with Crippen molar-refractivity contribution in [3.63, 3.8) is 0 Å². The Balaban J connectivity index is 0.000000735. The Kier molecular flexibility index (Phi) is 7.63. The SMILES string of the molecule is CC(C)(O)C(C)(C)Oc1nc(-c2ccccc2)nc(-c2ccccc2)n1.OB(O)O. The molecular weight excluding hydrogens is 385 g/mol. The summed E-state index contributed by atoms with van der Waals surface area (Å²) in [6.07, 6.45) is 0. The molecule has 8 nitrogen and oxygen atoms in total. The van der Waals surface area contributed by atoms with Crippen molar-refractivity contribution >= 4 is 7.32 Å². The highest BCUT2D eigenvalue weighted by molar-refractivity contribution is 6.30. The van der Waals surface area contributed by atoms with E-state index in [0.29, 0.717) is 11.6 Å². The summed E-state index contributed by atoms with van der Waals surface area (Å²) in [5.41, 5.74) is -0.202. The van der Waals surface area contributed by atoms with Gasteiger partial charge in [0.05, 0.1) is 5.60 Å². The third-order valence-electron chi connectivity index (χ3n) is 4.50. The molecule has 0 saturated carbocycles. The van der Waals surface area contributed by atoms with Crippen molar-refractivity contribution in [1.82, 2.24) is 15.0 Å². The first-order chi connectivity index (χ1) is 14.0. The number of aromatic nitrogens is 3. The number of hydrogen-bond acceptors (Lipinski definition) is 8. The summed E-state index contributed by atoms with van der Waals surface area (Å²) in [4.78, 5) is 13.5. The van der Waals surface area contributed by atoms with Gasteiger partial charge in [0.25, 0.3) is 0 Å². The van der Waals surface area contributed by atoms with E-state index in [1.54, 1.807) is 27.7 Å². The zero-order valence-corrected chi connectivity index (χ0v) is 17.4. The van der Waals surface area contributed by atoms with Gasteiger partial charge in [-0.1, -0.05) is 60.7 Å². The van der Waals surface area contributed by atoms with Crippen LogP contribution in [-0.4, -0.2) is 53.7 Å². The van der Waals surface area contributed by atoms with Gasteiger partial charge in [0.15, 0.2) is 11.6 Å². The topological polar surface area (TPSA) is 129 Å². The minimum Gasteiger partial charge on any atom is -0.454 e. The fourth-order valence-electron chi connectivity index (χ4n) is 2.19. The molecule has 1 heterocycles. The van der Waals surface area contributed by atoms with E-state index in [9.17, 15) is 5.11 Å². The van der Waals surface area contributed by atoms with E-state index in [2.05, 4.69) is 15.0 Å². The minimum absolute atomic E-state index is 0.185. The Morgan fingerprint density at radius 1 is 0.700 bits per heavy atom. The molecule has 0 aliphatic rings. The van der Waals surface area contributed by atoms with Gasteiger partial charge >= 0.3 is 13.3 Å². The highest BCUT2D eigenvalue weighted by Crippen LogP contribution is 2.28. The summed E-state index contributed by atoms with van der Waals surface area (Å²) in [7, 11) is -2.17. The van der Waals surface area contributed by atoms with E-state index in [1.807, 2.05) is 60.7 Å². The van der Waals surface area contributed by atoms with Gasteiger partial charge in [0.2, 0.25) is 0 Å². The van der Waals surface area contributed by atoms with Crippen LogP contribution in [0.25, 0.3) is 22.8 Å². The average molecular weight is 411 g/mol. The van der Waals surface area contributed by atoms with Gasteiger partial charge in [-0.25, -0.2) is 4.98 Å². The summed E-state index contributed by atoms with van der Waals surface area (Å²) in [5.74, 6) is 1.06. The van der Waals surface area contributed by atoms with Crippen LogP contribution >= 0.6 is 0 Å². The molecule has 0 atom stereocenters. The second-order valence-corrected chi connectivity index (χ2v) is 7.52. The van der Waals surface area contributed by atoms with E-state index in [4.69, 9.17) is 19.8 Å². The molecular formula is C21H26BN3O5. The van der Waals surface area contributed by atoms with Crippen LogP contribution < -0.4 is 4.74 Å². The first kappa shape index (κ1) is 23.4. The number of ether oxygens (including phenoxy) is 1. The molecule has 9 heteroatoms. The van der Waals surface area contributed by atoms with Gasteiger partial charge in [-0.3, -0.25) is 0 Å². The second kappa shape index (κ2) is 9.77. The zero-order valence-electron chi connectivity index (χ0n) is 17.4. The highest BCUT2D eigenvalue weighted by atomic mass is 16.5. The van der Waals surface area contributed by atoms with Crippen molar-refractivity contribution in [2.75, 3.05) is 0 Å². The van der Waals surface area contributed by atoms with Crippen LogP contribution in [0.15, 0.2) is 60.7 Å². The largest absolute Gasteiger partial charge is 0.631 e. The van der Waals surface area contributed by atoms with Crippen molar-refractivity contribution in [2.45, 2.75) is 38.9 Å². The molecule has 3 aromatic rings. The molecule has 0 amide bonds. The molecule has 30 heavy (non-hydrogen) atoms. The van der Waals surface area contributed by atoms with Gasteiger partial charge in [0, 0.05) is 11.1 Å². The number of nitrogens with zero attached hydrogens (tertiary/aromatic N) is 3. The quantitative estimate of drug-likeness (QED) is 0.470. The van der Waals surface area contributed by atoms with Gasteiger partial charge in [-0.15, -0.1) is 0 Å². The van der Waals surface area contributed by atoms with Crippen LogP contribution in [0.3, 0.4) is 0 Å². The van der Waals surface area contributed by atoms with Crippen LogP contribution in [0, 0.1) is 0 Å². The van der Waals surface area contributed by atoms with Crippen LogP contribution in [0.4, 0.5) is 0 Å². The first-order valence-electron chi connectivity index (χ1n) is 9.32. The fraction of sp³-hybridized carbons (Fsp3) is 0.286. The Morgan fingerprint density at radius 2 is 1.07 bits per heavy atom. The molecule has 1 aromatic heterocycles. The van der Waals surface area contributed by atoms with Gasteiger partial charge in [-0.2, -0.15) is 9.97 Å².